The number of para-hydroxylation sites is 6. The van der Waals surface area contributed by atoms with Gasteiger partial charge in [0.2, 0.25) is 11.9 Å². The molecule has 8 heteroatoms. The van der Waals surface area contributed by atoms with Gasteiger partial charge in [-0.1, -0.05) is 261 Å². The largest absolute Gasteiger partial charge is 0.309 e. The monoisotopic (exact) mass is 1320 g/mol. The first kappa shape index (κ1) is 58.7. The van der Waals surface area contributed by atoms with E-state index in [9.17, 15) is 0 Å². The Hall–Kier alpha value is -13.4. The van der Waals surface area contributed by atoms with Gasteiger partial charge in [0.15, 0.2) is 0 Å². The first-order valence-corrected chi connectivity index (χ1v) is 35.3. The van der Waals surface area contributed by atoms with Crippen LogP contribution in [0, 0.1) is 0 Å². The van der Waals surface area contributed by atoms with E-state index in [1.807, 2.05) is 35.6 Å². The maximum absolute atomic E-state index is 5.24. The third-order valence-electron chi connectivity index (χ3n) is 20.2. The van der Waals surface area contributed by atoms with Gasteiger partial charge in [-0.3, -0.25) is 9.13 Å². The second kappa shape index (κ2) is 24.2. The summed E-state index contributed by atoms with van der Waals surface area (Å²) < 4.78 is 9.44. The van der Waals surface area contributed by atoms with Crippen LogP contribution in [-0.2, 0) is 0 Å². The van der Waals surface area contributed by atoms with Gasteiger partial charge in [0.25, 0.3) is 0 Å². The molecule has 0 aliphatic rings. The van der Waals surface area contributed by atoms with Crippen molar-refractivity contribution in [2.24, 2.45) is 0 Å². The number of benzene rings is 15. The van der Waals surface area contributed by atoms with Crippen LogP contribution < -0.4 is 0 Å². The molecule has 0 aliphatic carbocycles. The van der Waals surface area contributed by atoms with E-state index >= 15 is 0 Å². The summed E-state index contributed by atoms with van der Waals surface area (Å²) in [6, 6.07) is 128. The quantitative estimate of drug-likeness (QED) is 0.144. The van der Waals surface area contributed by atoms with Crippen LogP contribution in [0.5, 0.6) is 0 Å². The van der Waals surface area contributed by atoms with Crippen LogP contribution in [0.15, 0.2) is 358 Å². The van der Waals surface area contributed by atoms with Crippen molar-refractivity contribution in [2.45, 2.75) is 0 Å². The van der Waals surface area contributed by atoms with Crippen LogP contribution in [-0.4, -0.2) is 33.6 Å². The number of hydrogen-bond acceptors (Lipinski definition) is 5. The average Bonchev–Trinajstić information content (AvgIpc) is 1.59. The smallest absolute Gasteiger partial charge is 0.235 e. The Balaban J connectivity index is 0.000000138. The lowest BCUT2D eigenvalue weighted by atomic mass is 9.98. The van der Waals surface area contributed by atoms with E-state index in [4.69, 9.17) is 19.9 Å². The summed E-state index contributed by atoms with van der Waals surface area (Å²) >= 11 is 1.86. The molecule has 6 aromatic heterocycles. The maximum Gasteiger partial charge on any atom is 0.235 e. The Morgan fingerprint density at radius 3 is 0.931 bits per heavy atom. The third-order valence-corrected chi connectivity index (χ3v) is 21.3. The summed E-state index contributed by atoms with van der Waals surface area (Å²) in [6.45, 7) is 0. The van der Waals surface area contributed by atoms with Crippen LogP contribution in [0.2, 0.25) is 0 Å². The van der Waals surface area contributed by atoms with Crippen molar-refractivity contribution in [3.8, 4) is 84.6 Å². The minimum absolute atomic E-state index is 0.666. The van der Waals surface area contributed by atoms with Gasteiger partial charge in [0, 0.05) is 80.1 Å². The van der Waals surface area contributed by atoms with E-state index in [-0.39, 0.29) is 0 Å². The van der Waals surface area contributed by atoms with Crippen molar-refractivity contribution in [3.63, 3.8) is 0 Å². The van der Waals surface area contributed by atoms with Crippen molar-refractivity contribution in [3.05, 3.63) is 358 Å². The Bertz CT molecular complexity index is 6850. The molecule has 0 N–H and O–H groups in total. The molecule has 0 atom stereocenters. The lowest BCUT2D eigenvalue weighted by Crippen LogP contribution is -2.03. The number of nitrogens with zero attached hydrogens (tertiary/aromatic N) is 7. The van der Waals surface area contributed by atoms with Crippen LogP contribution >= 0.6 is 11.3 Å². The highest BCUT2D eigenvalue weighted by Crippen LogP contribution is 2.42. The predicted octanol–water partition coefficient (Wildman–Crippen LogP) is 24.9. The fourth-order valence-electron chi connectivity index (χ4n) is 15.3. The van der Waals surface area contributed by atoms with Crippen LogP contribution in [0.3, 0.4) is 0 Å². The Morgan fingerprint density at radius 2 is 0.490 bits per heavy atom. The molecule has 0 bridgehead atoms. The van der Waals surface area contributed by atoms with Crippen LogP contribution in [0.25, 0.3) is 192 Å². The number of aromatic nitrogens is 7. The van der Waals surface area contributed by atoms with E-state index < -0.39 is 0 Å². The molecule has 0 unspecified atom stereocenters. The molecule has 0 saturated heterocycles. The lowest BCUT2D eigenvalue weighted by Gasteiger charge is -2.12. The highest BCUT2D eigenvalue weighted by molar-refractivity contribution is 7.25. The summed E-state index contributed by atoms with van der Waals surface area (Å²) in [5, 5.41) is 12.0. The molecule has 102 heavy (non-hydrogen) atoms. The van der Waals surface area contributed by atoms with Gasteiger partial charge in [0.05, 0.1) is 55.5 Å². The molecule has 21 rings (SSSR count). The fraction of sp³-hybridized carbons (Fsp3) is 0. The van der Waals surface area contributed by atoms with E-state index in [0.717, 1.165) is 66.4 Å². The average molecular weight is 1320 g/mol. The van der Waals surface area contributed by atoms with Gasteiger partial charge in [-0.2, -0.15) is 0 Å². The van der Waals surface area contributed by atoms with Gasteiger partial charge >= 0.3 is 0 Å². The zero-order chi connectivity index (χ0) is 67.2. The molecule has 15 aromatic carbocycles. The van der Waals surface area contributed by atoms with Crippen LogP contribution in [0.4, 0.5) is 0 Å². The second-order valence-corrected chi connectivity index (χ2v) is 27.1. The first-order valence-electron chi connectivity index (χ1n) is 34.5. The highest BCUT2D eigenvalue weighted by Gasteiger charge is 2.22. The Labute approximate surface area is 591 Å². The second-order valence-electron chi connectivity index (χ2n) is 26.1. The molecule has 0 saturated carbocycles. The number of fused-ring (bicyclic) bond motifs is 14. The first-order chi connectivity index (χ1) is 50.6. The van der Waals surface area contributed by atoms with Gasteiger partial charge < -0.3 is 4.57 Å². The molecule has 0 amide bonds. The van der Waals surface area contributed by atoms with Crippen molar-refractivity contribution in [2.75, 3.05) is 0 Å². The number of rotatable bonds is 9. The maximum atomic E-state index is 5.24. The molecule has 0 spiro atoms. The van der Waals surface area contributed by atoms with E-state index in [0.29, 0.717) is 11.9 Å². The van der Waals surface area contributed by atoms with E-state index in [1.54, 1.807) is 0 Å². The molecule has 6 heterocycles. The summed E-state index contributed by atoms with van der Waals surface area (Å²) in [4.78, 5) is 20.7. The topological polar surface area (TPSA) is 66.3 Å². The van der Waals surface area contributed by atoms with E-state index in [2.05, 4.69) is 347 Å². The SMILES string of the molecule is c1ccc(-c2nc(-n3c4ccccc4c4cc(-c5ccc(-c6ccc7c(c6)c6ccccc6n7-c6ccccc6)cc5)ccc43)nc3ccccc23)cc1.c1ccc(-c2nc(-n3c4ccccc4c4cc(-c5ccc(-c6ccc7sc8ccccc8c7c6)cc5)ccc43)nc3ccccc23)cc1. The summed E-state index contributed by atoms with van der Waals surface area (Å²) in [5.41, 5.74) is 23.4. The molecule has 7 nitrogen and oxygen atoms in total. The molecular weight excluding hydrogens is 1260 g/mol. The minimum Gasteiger partial charge on any atom is -0.309 e. The van der Waals surface area contributed by atoms with Crippen molar-refractivity contribution < 1.29 is 0 Å². The van der Waals surface area contributed by atoms with E-state index in [1.165, 1.54) is 114 Å². The number of hydrogen-bond donors (Lipinski definition) is 0. The van der Waals surface area contributed by atoms with Gasteiger partial charge in [0.1, 0.15) is 0 Å². The zero-order valence-corrected chi connectivity index (χ0v) is 55.9. The highest BCUT2D eigenvalue weighted by atomic mass is 32.1. The van der Waals surface area contributed by atoms with Crippen molar-refractivity contribution in [1.82, 2.24) is 33.6 Å². The standard InChI is InChI=1S/C50H32N4.C44H27N3S/c1-3-13-35(14-4-1)49-41-19-7-10-20-44(41)51-50(52-49)54-46-22-12-9-18-40(46)43-32-37(28-30-48(43)54)34-25-23-33(24-26-34)36-27-29-47-42(31-36)39-17-8-11-21-45(39)53(47)38-15-5-2-6-16-38;1-2-10-30(11-3-1)43-35-14-4-7-15-38(35)45-44(46-43)47-39-16-8-5-12-33(39)36-26-31(22-24-40(36)47)28-18-20-29(21-19-28)32-23-25-42-37(27-32)34-13-6-9-17-41(34)48-42/h1-32H;1-27H. The van der Waals surface area contributed by atoms with Gasteiger partial charge in [-0.25, -0.2) is 19.9 Å². The van der Waals surface area contributed by atoms with Crippen molar-refractivity contribution in [1.29, 1.82) is 0 Å². The molecule has 476 valence electrons. The lowest BCUT2D eigenvalue weighted by molar-refractivity contribution is 1.01. The third kappa shape index (κ3) is 9.94. The summed E-state index contributed by atoms with van der Waals surface area (Å²) in [5.74, 6) is 1.34. The Morgan fingerprint density at radius 1 is 0.186 bits per heavy atom. The van der Waals surface area contributed by atoms with Gasteiger partial charge in [-0.05, 0) is 142 Å². The molecule has 0 radical (unpaired) electrons. The predicted molar refractivity (Wildman–Crippen MR) is 428 cm³/mol. The van der Waals surface area contributed by atoms with Crippen LogP contribution in [0.1, 0.15) is 0 Å². The molecule has 0 fully saturated rings. The van der Waals surface area contributed by atoms with Crippen molar-refractivity contribution >= 4 is 119 Å². The normalized spacial score (nSPS) is 11.7. The molecular formula is C94H59N7S. The summed E-state index contributed by atoms with van der Waals surface area (Å²) in [6.07, 6.45) is 0. The van der Waals surface area contributed by atoms with Gasteiger partial charge in [-0.15, -0.1) is 11.3 Å². The summed E-state index contributed by atoms with van der Waals surface area (Å²) in [7, 11) is 0. The Kier molecular flexibility index (Phi) is 14.0. The zero-order valence-electron chi connectivity index (χ0n) is 55.1. The minimum atomic E-state index is 0.666. The molecule has 21 aromatic rings. The number of thiophene rings is 1. The molecule has 0 aliphatic heterocycles. The fourth-order valence-corrected chi connectivity index (χ4v) is 16.4.